The third-order valence-corrected chi connectivity index (χ3v) is 2.34. The number of hydrogen-bond donors (Lipinski definition) is 1. The van der Waals surface area contributed by atoms with E-state index in [9.17, 15) is 4.79 Å². The zero-order chi connectivity index (χ0) is 9.35. The molecule has 1 aromatic rings. The first-order chi connectivity index (χ1) is 5.43. The van der Waals surface area contributed by atoms with Gasteiger partial charge in [0.1, 0.15) is 4.88 Å². The minimum atomic E-state index is -0.387. The van der Waals surface area contributed by atoms with Gasteiger partial charge in [-0.05, 0) is 0 Å². The number of amides is 1. The highest BCUT2D eigenvalue weighted by molar-refractivity contribution is 7.11. The van der Waals surface area contributed by atoms with Crippen LogP contribution < -0.4 is 5.73 Å². The lowest BCUT2D eigenvalue weighted by atomic mass is 9.91. The highest BCUT2D eigenvalue weighted by atomic mass is 32.1. The average Bonchev–Trinajstić information content (AvgIpc) is 2.30. The van der Waals surface area contributed by atoms with E-state index in [0.717, 1.165) is 5.69 Å². The van der Waals surface area contributed by atoms with Gasteiger partial charge in [0.15, 0.2) is 0 Å². The molecule has 0 saturated carbocycles. The maximum atomic E-state index is 10.9. The first-order valence-electron chi connectivity index (χ1n) is 3.66. The Morgan fingerprint density at radius 3 is 2.50 bits per heavy atom. The Morgan fingerprint density at radius 2 is 2.17 bits per heavy atom. The standard InChI is InChI=1S/C8H12N2OS/c1-8(2,3)6-5(7(9)11)12-4-10-6/h4H,1-3H3,(H2,9,11). The number of rotatable bonds is 1. The molecule has 1 amide bonds. The van der Waals surface area contributed by atoms with Crippen molar-refractivity contribution in [2.45, 2.75) is 26.2 Å². The fourth-order valence-corrected chi connectivity index (χ4v) is 1.81. The van der Waals surface area contributed by atoms with Crippen molar-refractivity contribution in [3.8, 4) is 0 Å². The Hall–Kier alpha value is -0.900. The fourth-order valence-electron chi connectivity index (χ4n) is 0.955. The van der Waals surface area contributed by atoms with Gasteiger partial charge in [-0.3, -0.25) is 4.79 Å². The van der Waals surface area contributed by atoms with Gasteiger partial charge in [-0.2, -0.15) is 0 Å². The van der Waals surface area contributed by atoms with Crippen molar-refractivity contribution in [2.75, 3.05) is 0 Å². The maximum absolute atomic E-state index is 10.9. The lowest BCUT2D eigenvalue weighted by molar-refractivity contribution is 0.100. The number of thiazole rings is 1. The van der Waals surface area contributed by atoms with Crippen molar-refractivity contribution in [3.63, 3.8) is 0 Å². The molecule has 0 saturated heterocycles. The molecule has 0 aliphatic carbocycles. The van der Waals surface area contributed by atoms with Crippen molar-refractivity contribution in [2.24, 2.45) is 5.73 Å². The molecule has 0 fully saturated rings. The number of aromatic nitrogens is 1. The quantitative estimate of drug-likeness (QED) is 0.719. The first-order valence-corrected chi connectivity index (χ1v) is 4.54. The summed E-state index contributed by atoms with van der Waals surface area (Å²) >= 11 is 1.30. The van der Waals surface area contributed by atoms with Crippen LogP contribution in [-0.4, -0.2) is 10.9 Å². The van der Waals surface area contributed by atoms with Crippen LogP contribution >= 0.6 is 11.3 Å². The summed E-state index contributed by atoms with van der Waals surface area (Å²) in [5.41, 5.74) is 7.53. The third kappa shape index (κ3) is 1.64. The average molecular weight is 184 g/mol. The molecule has 0 spiro atoms. The topological polar surface area (TPSA) is 56.0 Å². The number of nitrogens with two attached hydrogens (primary N) is 1. The molecule has 1 aromatic heterocycles. The summed E-state index contributed by atoms with van der Waals surface area (Å²) in [6.45, 7) is 6.03. The van der Waals surface area contributed by atoms with Crippen LogP contribution in [0.4, 0.5) is 0 Å². The van der Waals surface area contributed by atoms with Crippen molar-refractivity contribution in [3.05, 3.63) is 16.1 Å². The van der Waals surface area contributed by atoms with Gasteiger partial charge >= 0.3 is 0 Å². The Kier molecular flexibility index (Phi) is 2.19. The van der Waals surface area contributed by atoms with E-state index in [2.05, 4.69) is 4.98 Å². The molecule has 2 N–H and O–H groups in total. The Balaban J connectivity index is 3.17. The Labute approximate surface area is 75.6 Å². The SMILES string of the molecule is CC(C)(C)c1ncsc1C(N)=O. The van der Waals surface area contributed by atoms with Gasteiger partial charge in [0, 0.05) is 5.41 Å². The summed E-state index contributed by atoms with van der Waals surface area (Å²) in [6.07, 6.45) is 0. The molecule has 0 bridgehead atoms. The second-order valence-electron chi connectivity index (χ2n) is 3.64. The van der Waals surface area contributed by atoms with Crippen LogP contribution in [0.2, 0.25) is 0 Å². The lowest BCUT2D eigenvalue weighted by Gasteiger charge is -2.16. The molecule has 0 radical (unpaired) electrons. The summed E-state index contributed by atoms with van der Waals surface area (Å²) in [6, 6.07) is 0. The summed E-state index contributed by atoms with van der Waals surface area (Å²) in [7, 11) is 0. The monoisotopic (exact) mass is 184 g/mol. The molecule has 0 aliphatic rings. The van der Waals surface area contributed by atoms with Crippen LogP contribution in [0, 0.1) is 0 Å². The molecule has 0 unspecified atom stereocenters. The summed E-state index contributed by atoms with van der Waals surface area (Å²) in [5, 5.41) is 0. The molecule has 66 valence electrons. The third-order valence-electron chi connectivity index (χ3n) is 1.50. The van der Waals surface area contributed by atoms with Gasteiger partial charge in [-0.1, -0.05) is 20.8 Å². The van der Waals surface area contributed by atoms with Crippen molar-refractivity contribution in [1.29, 1.82) is 0 Å². The number of carbonyl (C=O) groups is 1. The van der Waals surface area contributed by atoms with Gasteiger partial charge in [0.2, 0.25) is 0 Å². The van der Waals surface area contributed by atoms with Crippen molar-refractivity contribution in [1.82, 2.24) is 4.98 Å². The summed E-state index contributed by atoms with van der Waals surface area (Å²) in [5.74, 6) is -0.387. The normalized spacial score (nSPS) is 11.6. The molecular weight excluding hydrogens is 172 g/mol. The van der Waals surface area contributed by atoms with Crippen LogP contribution in [-0.2, 0) is 5.41 Å². The lowest BCUT2D eigenvalue weighted by Crippen LogP contribution is -2.19. The molecular formula is C8H12N2OS. The number of nitrogens with zero attached hydrogens (tertiary/aromatic N) is 1. The molecule has 1 rings (SSSR count). The van der Waals surface area contributed by atoms with Crippen LogP contribution in [0.15, 0.2) is 5.51 Å². The first kappa shape index (κ1) is 9.19. The number of hydrogen-bond acceptors (Lipinski definition) is 3. The zero-order valence-electron chi connectivity index (χ0n) is 7.42. The van der Waals surface area contributed by atoms with E-state index in [4.69, 9.17) is 5.73 Å². The van der Waals surface area contributed by atoms with E-state index in [1.165, 1.54) is 11.3 Å². The number of primary amides is 1. The van der Waals surface area contributed by atoms with Crippen LogP contribution in [0.5, 0.6) is 0 Å². The van der Waals surface area contributed by atoms with E-state index in [-0.39, 0.29) is 11.3 Å². The van der Waals surface area contributed by atoms with Gasteiger partial charge in [-0.25, -0.2) is 4.98 Å². The summed E-state index contributed by atoms with van der Waals surface area (Å²) < 4.78 is 0. The second-order valence-corrected chi connectivity index (χ2v) is 4.50. The molecule has 12 heavy (non-hydrogen) atoms. The van der Waals surface area contributed by atoms with Crippen LogP contribution in [0.3, 0.4) is 0 Å². The molecule has 3 nitrogen and oxygen atoms in total. The minimum absolute atomic E-state index is 0.107. The smallest absolute Gasteiger partial charge is 0.260 e. The predicted molar refractivity (Wildman–Crippen MR) is 49.3 cm³/mol. The summed E-state index contributed by atoms with van der Waals surface area (Å²) in [4.78, 5) is 15.6. The van der Waals surface area contributed by atoms with Crippen LogP contribution in [0.1, 0.15) is 36.1 Å². The van der Waals surface area contributed by atoms with Gasteiger partial charge in [0.25, 0.3) is 5.91 Å². The predicted octanol–water partition coefficient (Wildman–Crippen LogP) is 1.54. The van der Waals surface area contributed by atoms with Gasteiger partial charge < -0.3 is 5.73 Å². The van der Waals surface area contributed by atoms with E-state index < -0.39 is 0 Å². The van der Waals surface area contributed by atoms with E-state index in [0.29, 0.717) is 4.88 Å². The zero-order valence-corrected chi connectivity index (χ0v) is 8.23. The second kappa shape index (κ2) is 2.86. The van der Waals surface area contributed by atoms with Crippen molar-refractivity contribution < 1.29 is 4.79 Å². The van der Waals surface area contributed by atoms with Gasteiger partial charge in [0.05, 0.1) is 11.2 Å². The van der Waals surface area contributed by atoms with E-state index in [1.807, 2.05) is 20.8 Å². The van der Waals surface area contributed by atoms with Crippen LogP contribution in [0.25, 0.3) is 0 Å². The fraction of sp³-hybridized carbons (Fsp3) is 0.500. The maximum Gasteiger partial charge on any atom is 0.260 e. The van der Waals surface area contributed by atoms with E-state index >= 15 is 0 Å². The largest absolute Gasteiger partial charge is 0.365 e. The molecule has 4 heteroatoms. The highest BCUT2D eigenvalue weighted by Gasteiger charge is 2.23. The molecule has 1 heterocycles. The Bertz CT molecular complexity index is 298. The highest BCUT2D eigenvalue weighted by Crippen LogP contribution is 2.26. The van der Waals surface area contributed by atoms with Gasteiger partial charge in [-0.15, -0.1) is 11.3 Å². The molecule has 0 aliphatic heterocycles. The number of carbonyl (C=O) groups excluding carboxylic acids is 1. The minimum Gasteiger partial charge on any atom is -0.365 e. The van der Waals surface area contributed by atoms with Crippen molar-refractivity contribution >= 4 is 17.2 Å². The Morgan fingerprint density at radius 1 is 1.58 bits per heavy atom. The molecule has 0 aromatic carbocycles. The molecule has 0 atom stereocenters. The van der Waals surface area contributed by atoms with E-state index in [1.54, 1.807) is 5.51 Å².